The fourth-order valence-corrected chi connectivity index (χ4v) is 2.22. The SMILES string of the molecule is CC(C)C(C(=O)O)c1ccc(Cl)cc1CC(F)(F)F. The van der Waals surface area contributed by atoms with E-state index in [2.05, 4.69) is 0 Å². The summed E-state index contributed by atoms with van der Waals surface area (Å²) in [6, 6.07) is 3.96. The summed E-state index contributed by atoms with van der Waals surface area (Å²) >= 11 is 5.69. The lowest BCUT2D eigenvalue weighted by molar-refractivity contribution is -0.140. The second-order valence-corrected chi connectivity index (χ2v) is 5.13. The van der Waals surface area contributed by atoms with Crippen molar-refractivity contribution < 1.29 is 23.1 Å². The maximum absolute atomic E-state index is 12.5. The summed E-state index contributed by atoms with van der Waals surface area (Å²) in [5.41, 5.74) is 0.0883. The molecule has 2 nitrogen and oxygen atoms in total. The molecule has 0 radical (unpaired) electrons. The molecule has 0 saturated heterocycles. The lowest BCUT2D eigenvalue weighted by atomic mass is 9.85. The first-order chi connectivity index (χ1) is 8.61. The highest BCUT2D eigenvalue weighted by Gasteiger charge is 2.32. The van der Waals surface area contributed by atoms with Gasteiger partial charge in [-0.3, -0.25) is 4.79 Å². The molecule has 19 heavy (non-hydrogen) atoms. The Morgan fingerprint density at radius 1 is 1.37 bits per heavy atom. The van der Waals surface area contributed by atoms with Crippen molar-refractivity contribution >= 4 is 17.6 Å². The van der Waals surface area contributed by atoms with E-state index in [-0.39, 0.29) is 22.1 Å². The lowest BCUT2D eigenvalue weighted by Crippen LogP contribution is -2.21. The van der Waals surface area contributed by atoms with Gasteiger partial charge in [0.25, 0.3) is 0 Å². The number of hydrogen-bond acceptors (Lipinski definition) is 1. The molecule has 1 rings (SSSR count). The van der Waals surface area contributed by atoms with Crippen molar-refractivity contribution in [2.75, 3.05) is 0 Å². The number of alkyl halides is 3. The van der Waals surface area contributed by atoms with Crippen LogP contribution in [-0.2, 0) is 11.2 Å². The Labute approximate surface area is 114 Å². The van der Waals surface area contributed by atoms with Crippen LogP contribution < -0.4 is 0 Å². The minimum Gasteiger partial charge on any atom is -0.481 e. The molecule has 0 spiro atoms. The number of rotatable bonds is 4. The lowest BCUT2D eigenvalue weighted by Gasteiger charge is -2.21. The predicted molar refractivity (Wildman–Crippen MR) is 66.4 cm³/mol. The van der Waals surface area contributed by atoms with Gasteiger partial charge >= 0.3 is 12.1 Å². The van der Waals surface area contributed by atoms with Gasteiger partial charge in [0.2, 0.25) is 0 Å². The highest BCUT2D eigenvalue weighted by atomic mass is 35.5. The van der Waals surface area contributed by atoms with E-state index in [0.29, 0.717) is 0 Å². The van der Waals surface area contributed by atoms with Crippen LogP contribution in [0.4, 0.5) is 13.2 Å². The average molecular weight is 295 g/mol. The molecule has 0 aromatic heterocycles. The van der Waals surface area contributed by atoms with Gasteiger partial charge in [-0.15, -0.1) is 0 Å². The summed E-state index contributed by atoms with van der Waals surface area (Å²) in [5, 5.41) is 9.34. The Hall–Kier alpha value is -1.23. The number of benzene rings is 1. The van der Waals surface area contributed by atoms with Crippen LogP contribution in [0, 0.1) is 5.92 Å². The van der Waals surface area contributed by atoms with Crippen molar-refractivity contribution in [3.8, 4) is 0 Å². The van der Waals surface area contributed by atoms with Gasteiger partial charge in [-0.05, 0) is 29.2 Å². The molecule has 1 aromatic carbocycles. The Morgan fingerprint density at radius 2 is 1.95 bits per heavy atom. The van der Waals surface area contributed by atoms with Crippen LogP contribution in [0.1, 0.15) is 30.9 Å². The molecule has 0 fully saturated rings. The molecular formula is C13H14ClF3O2. The minimum atomic E-state index is -4.40. The van der Waals surface area contributed by atoms with Gasteiger partial charge < -0.3 is 5.11 Å². The highest BCUT2D eigenvalue weighted by molar-refractivity contribution is 6.30. The van der Waals surface area contributed by atoms with E-state index >= 15 is 0 Å². The minimum absolute atomic E-state index is 0.0823. The standard InChI is InChI=1S/C13H14ClF3O2/c1-7(2)11(12(18)19)10-4-3-9(14)5-8(10)6-13(15,16)17/h3-5,7,11H,6H2,1-2H3,(H,18,19). The molecule has 106 valence electrons. The van der Waals surface area contributed by atoms with E-state index in [0.717, 1.165) is 0 Å². The highest BCUT2D eigenvalue weighted by Crippen LogP contribution is 2.33. The Kier molecular flexibility index (Phi) is 4.85. The first-order valence-corrected chi connectivity index (χ1v) is 6.07. The van der Waals surface area contributed by atoms with Gasteiger partial charge in [0, 0.05) is 5.02 Å². The van der Waals surface area contributed by atoms with Crippen LogP contribution in [0.25, 0.3) is 0 Å². The van der Waals surface area contributed by atoms with E-state index < -0.39 is 24.5 Å². The summed E-state index contributed by atoms with van der Waals surface area (Å²) in [6.45, 7) is 3.32. The Morgan fingerprint density at radius 3 is 2.37 bits per heavy atom. The monoisotopic (exact) mass is 294 g/mol. The molecule has 0 bridgehead atoms. The zero-order chi connectivity index (χ0) is 14.8. The van der Waals surface area contributed by atoms with Gasteiger partial charge in [-0.2, -0.15) is 13.2 Å². The van der Waals surface area contributed by atoms with Crippen molar-refractivity contribution in [1.29, 1.82) is 0 Å². The van der Waals surface area contributed by atoms with Gasteiger partial charge in [-0.1, -0.05) is 31.5 Å². The summed E-state index contributed by atoms with van der Waals surface area (Å²) in [5.74, 6) is -2.43. The van der Waals surface area contributed by atoms with Crippen molar-refractivity contribution in [3.05, 3.63) is 34.3 Å². The number of hydrogen-bond donors (Lipinski definition) is 1. The normalized spacial score (nSPS) is 13.6. The molecule has 0 heterocycles. The maximum Gasteiger partial charge on any atom is 0.393 e. The van der Waals surface area contributed by atoms with Crippen molar-refractivity contribution in [2.24, 2.45) is 5.92 Å². The zero-order valence-electron chi connectivity index (χ0n) is 10.5. The van der Waals surface area contributed by atoms with Crippen LogP contribution in [0.15, 0.2) is 18.2 Å². The molecule has 0 aliphatic rings. The number of carbonyl (C=O) groups is 1. The Balaban J connectivity index is 3.29. The number of carboxylic acids is 1. The Bertz CT molecular complexity index is 469. The molecule has 0 saturated carbocycles. The predicted octanol–water partition coefficient (Wildman–Crippen LogP) is 4.27. The van der Waals surface area contributed by atoms with Crippen molar-refractivity contribution in [3.63, 3.8) is 0 Å². The largest absolute Gasteiger partial charge is 0.481 e. The molecule has 0 amide bonds. The zero-order valence-corrected chi connectivity index (χ0v) is 11.2. The van der Waals surface area contributed by atoms with E-state index in [1.54, 1.807) is 13.8 Å². The quantitative estimate of drug-likeness (QED) is 0.900. The molecule has 0 aliphatic heterocycles. The van der Waals surface area contributed by atoms with Gasteiger partial charge in [-0.25, -0.2) is 0 Å². The van der Waals surface area contributed by atoms with Crippen molar-refractivity contribution in [1.82, 2.24) is 0 Å². The number of aliphatic carboxylic acids is 1. The summed E-state index contributed by atoms with van der Waals surface area (Å²) < 4.78 is 37.6. The number of carboxylic acid groups (broad SMARTS) is 1. The second-order valence-electron chi connectivity index (χ2n) is 4.70. The van der Waals surface area contributed by atoms with Crippen molar-refractivity contribution in [2.45, 2.75) is 32.4 Å². The molecule has 1 aromatic rings. The van der Waals surface area contributed by atoms with Crippen LogP contribution in [0.5, 0.6) is 0 Å². The summed E-state index contributed by atoms with van der Waals surface area (Å²) in [7, 11) is 0. The fraction of sp³-hybridized carbons (Fsp3) is 0.462. The van der Waals surface area contributed by atoms with Crippen LogP contribution in [-0.4, -0.2) is 17.3 Å². The molecule has 6 heteroatoms. The third-order valence-corrected chi connectivity index (χ3v) is 3.00. The topological polar surface area (TPSA) is 37.3 Å². The maximum atomic E-state index is 12.5. The third-order valence-electron chi connectivity index (χ3n) is 2.76. The van der Waals surface area contributed by atoms with E-state index in [1.165, 1.54) is 18.2 Å². The molecule has 1 unspecified atom stereocenters. The average Bonchev–Trinajstić information content (AvgIpc) is 2.18. The van der Waals surface area contributed by atoms with Crippen LogP contribution in [0.2, 0.25) is 5.02 Å². The first kappa shape index (κ1) is 15.8. The second kappa shape index (κ2) is 5.82. The first-order valence-electron chi connectivity index (χ1n) is 5.69. The third kappa shape index (κ3) is 4.42. The summed E-state index contributed by atoms with van der Waals surface area (Å²) in [4.78, 5) is 11.2. The molecule has 1 N–H and O–H groups in total. The van der Waals surface area contributed by atoms with Gasteiger partial charge in [0.15, 0.2) is 0 Å². The van der Waals surface area contributed by atoms with Crippen LogP contribution in [0.3, 0.4) is 0 Å². The van der Waals surface area contributed by atoms with E-state index in [9.17, 15) is 23.1 Å². The van der Waals surface area contributed by atoms with E-state index in [4.69, 9.17) is 11.6 Å². The summed E-state index contributed by atoms with van der Waals surface area (Å²) in [6.07, 6.45) is -5.58. The van der Waals surface area contributed by atoms with Gasteiger partial charge in [0.05, 0.1) is 12.3 Å². The molecule has 0 aliphatic carbocycles. The van der Waals surface area contributed by atoms with Gasteiger partial charge in [0.1, 0.15) is 0 Å². The smallest absolute Gasteiger partial charge is 0.393 e. The van der Waals surface area contributed by atoms with Crippen LogP contribution >= 0.6 is 11.6 Å². The number of halogens is 4. The fourth-order valence-electron chi connectivity index (χ4n) is 2.02. The molecular weight excluding hydrogens is 281 g/mol. The van der Waals surface area contributed by atoms with E-state index in [1.807, 2.05) is 0 Å². The molecule has 1 atom stereocenters.